The topological polar surface area (TPSA) is 50.1 Å². The van der Waals surface area contributed by atoms with Crippen molar-refractivity contribution in [3.63, 3.8) is 0 Å². The number of aliphatic hydroxyl groups is 1. The maximum atomic E-state index is 9.50. The summed E-state index contributed by atoms with van der Waals surface area (Å²) in [5.74, 6) is 0. The van der Waals surface area contributed by atoms with Crippen LogP contribution in [0.25, 0.3) is 5.69 Å². The Morgan fingerprint density at radius 3 is 2.47 bits per heavy atom. The van der Waals surface area contributed by atoms with E-state index < -0.39 is 0 Å². The first-order valence-electron chi connectivity index (χ1n) is 6.86. The van der Waals surface area contributed by atoms with Crippen molar-refractivity contribution in [2.45, 2.75) is 37.8 Å². The number of nitrogens with zero attached hydrogens (tertiary/aromatic N) is 2. The molecule has 0 aliphatic heterocycles. The number of rotatable bonds is 3. The highest BCUT2D eigenvalue weighted by atomic mass is 16.3. The third-order valence-electron chi connectivity index (χ3n) is 3.70. The summed E-state index contributed by atoms with van der Waals surface area (Å²) < 4.78 is 1.85. The van der Waals surface area contributed by atoms with E-state index in [0.29, 0.717) is 6.04 Å². The lowest BCUT2D eigenvalue weighted by Gasteiger charge is -2.27. The second-order valence-electron chi connectivity index (χ2n) is 5.15. The van der Waals surface area contributed by atoms with Crippen molar-refractivity contribution < 1.29 is 5.11 Å². The number of hydrogen-bond donors (Lipinski definition) is 2. The van der Waals surface area contributed by atoms with Gasteiger partial charge in [-0.25, -0.2) is 4.68 Å². The highest BCUT2D eigenvalue weighted by molar-refractivity contribution is 5.49. The normalized spacial score (nSPS) is 23.2. The molecule has 0 amide bonds. The minimum absolute atomic E-state index is 0.0970. The van der Waals surface area contributed by atoms with Crippen LogP contribution in [0.3, 0.4) is 0 Å². The monoisotopic (exact) mass is 257 g/mol. The van der Waals surface area contributed by atoms with Crippen molar-refractivity contribution in [2.24, 2.45) is 0 Å². The van der Waals surface area contributed by atoms with Gasteiger partial charge in [0.05, 0.1) is 11.8 Å². The molecule has 100 valence electrons. The molecule has 0 spiro atoms. The van der Waals surface area contributed by atoms with E-state index in [2.05, 4.69) is 34.7 Å². The third-order valence-corrected chi connectivity index (χ3v) is 3.70. The fourth-order valence-corrected chi connectivity index (χ4v) is 2.59. The van der Waals surface area contributed by atoms with Crippen molar-refractivity contribution in [3.05, 3.63) is 42.7 Å². The van der Waals surface area contributed by atoms with Gasteiger partial charge in [-0.15, -0.1) is 0 Å². The van der Waals surface area contributed by atoms with Crippen molar-refractivity contribution >= 4 is 5.69 Å². The maximum Gasteiger partial charge on any atom is 0.0647 e. The van der Waals surface area contributed by atoms with Gasteiger partial charge in [-0.2, -0.15) is 5.10 Å². The summed E-state index contributed by atoms with van der Waals surface area (Å²) in [4.78, 5) is 0. The standard InChI is InChI=1S/C15H19N3O/c19-15-8-4-13(5-9-15)17-12-2-6-14(7-3-12)18-11-1-10-16-18/h1-3,6-7,10-11,13,15,17,19H,4-5,8-9H2. The van der Waals surface area contributed by atoms with Crippen LogP contribution in [0.5, 0.6) is 0 Å². The molecule has 0 saturated heterocycles. The van der Waals surface area contributed by atoms with Crippen LogP contribution in [0.15, 0.2) is 42.7 Å². The molecular formula is C15H19N3O. The maximum absolute atomic E-state index is 9.50. The fourth-order valence-electron chi connectivity index (χ4n) is 2.59. The second kappa shape index (κ2) is 5.45. The number of nitrogens with one attached hydrogen (secondary N) is 1. The lowest BCUT2D eigenvalue weighted by Crippen LogP contribution is -2.28. The Hall–Kier alpha value is -1.81. The molecule has 1 aromatic carbocycles. The van der Waals surface area contributed by atoms with Crippen LogP contribution in [-0.2, 0) is 0 Å². The Kier molecular flexibility index (Phi) is 3.51. The second-order valence-corrected chi connectivity index (χ2v) is 5.15. The molecule has 1 saturated carbocycles. The van der Waals surface area contributed by atoms with Crippen LogP contribution in [0.1, 0.15) is 25.7 Å². The van der Waals surface area contributed by atoms with Crippen LogP contribution in [0.2, 0.25) is 0 Å². The van der Waals surface area contributed by atoms with Gasteiger partial charge >= 0.3 is 0 Å². The van der Waals surface area contributed by atoms with E-state index in [0.717, 1.165) is 37.1 Å². The predicted molar refractivity (Wildman–Crippen MR) is 75.4 cm³/mol. The average Bonchev–Trinajstić information content (AvgIpc) is 2.96. The van der Waals surface area contributed by atoms with Gasteiger partial charge in [0.1, 0.15) is 0 Å². The summed E-state index contributed by atoms with van der Waals surface area (Å²) in [6.07, 6.45) is 7.51. The first-order valence-corrected chi connectivity index (χ1v) is 6.86. The average molecular weight is 257 g/mol. The van der Waals surface area contributed by atoms with Gasteiger partial charge in [-0.05, 0) is 56.0 Å². The van der Waals surface area contributed by atoms with Gasteiger partial charge in [0.15, 0.2) is 0 Å². The largest absolute Gasteiger partial charge is 0.393 e. The zero-order valence-corrected chi connectivity index (χ0v) is 10.9. The zero-order chi connectivity index (χ0) is 13.1. The molecule has 3 rings (SSSR count). The predicted octanol–water partition coefficient (Wildman–Crippen LogP) is 2.59. The van der Waals surface area contributed by atoms with Crippen molar-refractivity contribution in [3.8, 4) is 5.69 Å². The van der Waals surface area contributed by atoms with E-state index in [1.54, 1.807) is 6.20 Å². The van der Waals surface area contributed by atoms with Crippen LogP contribution in [0.4, 0.5) is 5.69 Å². The van der Waals surface area contributed by atoms with Gasteiger partial charge in [0, 0.05) is 24.1 Å². The van der Waals surface area contributed by atoms with Crippen molar-refractivity contribution in [2.75, 3.05) is 5.32 Å². The molecule has 19 heavy (non-hydrogen) atoms. The van der Waals surface area contributed by atoms with E-state index in [9.17, 15) is 5.11 Å². The van der Waals surface area contributed by atoms with E-state index in [4.69, 9.17) is 0 Å². The molecule has 1 fully saturated rings. The minimum atomic E-state index is -0.0970. The minimum Gasteiger partial charge on any atom is -0.393 e. The summed E-state index contributed by atoms with van der Waals surface area (Å²) in [6, 6.07) is 10.7. The number of aliphatic hydroxyl groups excluding tert-OH is 1. The number of aromatic nitrogens is 2. The van der Waals surface area contributed by atoms with Crippen molar-refractivity contribution in [1.82, 2.24) is 9.78 Å². The summed E-state index contributed by atoms with van der Waals surface area (Å²) in [5, 5.41) is 17.2. The van der Waals surface area contributed by atoms with Crippen LogP contribution >= 0.6 is 0 Å². The van der Waals surface area contributed by atoms with E-state index in [1.165, 1.54) is 0 Å². The highest BCUT2D eigenvalue weighted by Gasteiger charge is 2.18. The molecule has 0 bridgehead atoms. The smallest absolute Gasteiger partial charge is 0.0647 e. The lowest BCUT2D eigenvalue weighted by molar-refractivity contribution is 0.126. The Morgan fingerprint density at radius 1 is 1.11 bits per heavy atom. The SMILES string of the molecule is OC1CCC(Nc2ccc(-n3cccn3)cc2)CC1. The summed E-state index contributed by atoms with van der Waals surface area (Å²) in [6.45, 7) is 0. The number of anilines is 1. The Balaban J connectivity index is 1.63. The van der Waals surface area contributed by atoms with Crippen LogP contribution < -0.4 is 5.32 Å². The summed E-state index contributed by atoms with van der Waals surface area (Å²) in [7, 11) is 0. The van der Waals surface area contributed by atoms with Gasteiger partial charge < -0.3 is 10.4 Å². The highest BCUT2D eigenvalue weighted by Crippen LogP contribution is 2.22. The summed E-state index contributed by atoms with van der Waals surface area (Å²) >= 11 is 0. The fraction of sp³-hybridized carbons (Fsp3) is 0.400. The Labute approximate surface area is 113 Å². The number of benzene rings is 1. The lowest BCUT2D eigenvalue weighted by atomic mass is 9.93. The first-order chi connectivity index (χ1) is 9.31. The van der Waals surface area contributed by atoms with Gasteiger partial charge in [-0.3, -0.25) is 0 Å². The third kappa shape index (κ3) is 2.96. The molecule has 0 unspecified atom stereocenters. The molecular weight excluding hydrogens is 238 g/mol. The number of hydrogen-bond acceptors (Lipinski definition) is 3. The van der Waals surface area contributed by atoms with Gasteiger partial charge in [-0.1, -0.05) is 0 Å². The molecule has 4 nitrogen and oxygen atoms in total. The van der Waals surface area contributed by atoms with Gasteiger partial charge in [0.25, 0.3) is 0 Å². The molecule has 0 atom stereocenters. The molecule has 1 heterocycles. The quantitative estimate of drug-likeness (QED) is 0.888. The molecule has 2 N–H and O–H groups in total. The Bertz CT molecular complexity index is 499. The van der Waals surface area contributed by atoms with E-state index in [1.807, 2.05) is 16.9 Å². The van der Waals surface area contributed by atoms with Gasteiger partial charge in [0.2, 0.25) is 0 Å². The first kappa shape index (κ1) is 12.2. The molecule has 1 aliphatic rings. The molecule has 0 radical (unpaired) electrons. The molecule has 4 heteroatoms. The molecule has 1 aromatic heterocycles. The molecule has 1 aliphatic carbocycles. The van der Waals surface area contributed by atoms with E-state index >= 15 is 0 Å². The van der Waals surface area contributed by atoms with Crippen molar-refractivity contribution in [1.29, 1.82) is 0 Å². The van der Waals surface area contributed by atoms with Crippen LogP contribution in [-0.4, -0.2) is 27.0 Å². The molecule has 2 aromatic rings. The van der Waals surface area contributed by atoms with E-state index in [-0.39, 0.29) is 6.10 Å². The van der Waals surface area contributed by atoms with Crippen LogP contribution in [0, 0.1) is 0 Å². The zero-order valence-electron chi connectivity index (χ0n) is 10.9. The summed E-state index contributed by atoms with van der Waals surface area (Å²) in [5.41, 5.74) is 2.20. The Morgan fingerprint density at radius 2 is 1.84 bits per heavy atom.